The number of nitriles is 1. The van der Waals surface area contributed by atoms with Crippen LogP contribution in [0.1, 0.15) is 5.56 Å². The summed E-state index contributed by atoms with van der Waals surface area (Å²) in [6.45, 7) is 0.452. The molecule has 7 heteroatoms. The second-order valence-corrected chi connectivity index (χ2v) is 5.13. The molecule has 0 spiro atoms. The van der Waals surface area contributed by atoms with Crippen molar-refractivity contribution in [1.82, 2.24) is 4.72 Å². The molecule has 1 aromatic carbocycles. The maximum absolute atomic E-state index is 11.9. The Kier molecular flexibility index (Phi) is 5.09. The molecule has 1 rings (SSSR count). The monoisotopic (exact) mass is 270 g/mol. The molecule has 0 fully saturated rings. The van der Waals surface area contributed by atoms with E-state index in [0.29, 0.717) is 5.75 Å². The van der Waals surface area contributed by atoms with E-state index in [4.69, 9.17) is 14.7 Å². The van der Waals surface area contributed by atoms with Crippen LogP contribution in [0.4, 0.5) is 0 Å². The van der Waals surface area contributed by atoms with E-state index >= 15 is 0 Å². The van der Waals surface area contributed by atoms with Crippen molar-refractivity contribution in [2.45, 2.75) is 4.90 Å². The molecule has 0 amide bonds. The van der Waals surface area contributed by atoms with Crippen molar-refractivity contribution in [3.05, 3.63) is 23.8 Å². The van der Waals surface area contributed by atoms with Gasteiger partial charge in [-0.05, 0) is 18.2 Å². The number of methoxy groups -OCH3 is 2. The molecule has 98 valence electrons. The summed E-state index contributed by atoms with van der Waals surface area (Å²) in [7, 11) is -0.727. The Morgan fingerprint density at radius 2 is 2.11 bits per heavy atom. The zero-order chi connectivity index (χ0) is 13.6. The summed E-state index contributed by atoms with van der Waals surface area (Å²) in [6, 6.07) is 5.99. The molecule has 0 heterocycles. The molecule has 0 aromatic heterocycles. The van der Waals surface area contributed by atoms with Gasteiger partial charge < -0.3 is 9.47 Å². The molecule has 6 nitrogen and oxygen atoms in total. The molecule has 0 saturated heterocycles. The molecule has 0 aliphatic heterocycles. The summed E-state index contributed by atoms with van der Waals surface area (Å²) in [5, 5.41) is 8.89. The van der Waals surface area contributed by atoms with Gasteiger partial charge >= 0.3 is 0 Å². The van der Waals surface area contributed by atoms with Gasteiger partial charge in [0.05, 0.1) is 24.2 Å². The third-order valence-electron chi connectivity index (χ3n) is 2.20. The van der Waals surface area contributed by atoms with Crippen molar-refractivity contribution in [3.8, 4) is 11.8 Å². The molecule has 1 N–H and O–H groups in total. The van der Waals surface area contributed by atoms with E-state index in [1.807, 2.05) is 6.07 Å². The van der Waals surface area contributed by atoms with Crippen LogP contribution >= 0.6 is 0 Å². The van der Waals surface area contributed by atoms with Crippen LogP contribution in [0.3, 0.4) is 0 Å². The van der Waals surface area contributed by atoms with Gasteiger partial charge in [-0.2, -0.15) is 5.26 Å². The van der Waals surface area contributed by atoms with Crippen LogP contribution in [0.5, 0.6) is 5.75 Å². The third-order valence-corrected chi connectivity index (χ3v) is 3.66. The summed E-state index contributed by atoms with van der Waals surface area (Å²) in [5.41, 5.74) is 0.173. The van der Waals surface area contributed by atoms with E-state index in [1.165, 1.54) is 32.4 Å². The van der Waals surface area contributed by atoms with Crippen molar-refractivity contribution >= 4 is 10.0 Å². The van der Waals surface area contributed by atoms with Crippen LogP contribution in [-0.2, 0) is 14.8 Å². The van der Waals surface area contributed by atoms with Gasteiger partial charge in [-0.1, -0.05) is 0 Å². The highest BCUT2D eigenvalue weighted by Gasteiger charge is 2.15. The molecular formula is C11H14N2O4S. The minimum absolute atomic E-state index is 0.0240. The SMILES string of the molecule is COCCNS(=O)(=O)c1ccc(OC)c(C#N)c1. The molecule has 0 atom stereocenters. The second-order valence-electron chi connectivity index (χ2n) is 3.36. The van der Waals surface area contributed by atoms with Crippen LogP contribution in [0.15, 0.2) is 23.1 Å². The average molecular weight is 270 g/mol. The van der Waals surface area contributed by atoms with Crippen molar-refractivity contribution in [1.29, 1.82) is 5.26 Å². The minimum Gasteiger partial charge on any atom is -0.495 e. The van der Waals surface area contributed by atoms with E-state index in [-0.39, 0.29) is 23.6 Å². The van der Waals surface area contributed by atoms with Crippen molar-refractivity contribution in [2.24, 2.45) is 0 Å². The van der Waals surface area contributed by atoms with Crippen molar-refractivity contribution in [2.75, 3.05) is 27.4 Å². The highest BCUT2D eigenvalue weighted by atomic mass is 32.2. The van der Waals surface area contributed by atoms with Gasteiger partial charge in [0, 0.05) is 13.7 Å². The minimum atomic E-state index is -3.63. The van der Waals surface area contributed by atoms with Gasteiger partial charge in [0.1, 0.15) is 11.8 Å². The van der Waals surface area contributed by atoms with E-state index in [1.54, 1.807) is 0 Å². The summed E-state index contributed by atoms with van der Waals surface area (Å²) in [6.07, 6.45) is 0. The van der Waals surface area contributed by atoms with Gasteiger partial charge in [-0.15, -0.1) is 0 Å². The first-order chi connectivity index (χ1) is 8.55. The second kappa shape index (κ2) is 6.35. The largest absolute Gasteiger partial charge is 0.495 e. The molecule has 0 aliphatic carbocycles. The van der Waals surface area contributed by atoms with Crippen LogP contribution in [0.2, 0.25) is 0 Å². The van der Waals surface area contributed by atoms with E-state index < -0.39 is 10.0 Å². The molecule has 18 heavy (non-hydrogen) atoms. The smallest absolute Gasteiger partial charge is 0.240 e. The first kappa shape index (κ1) is 14.4. The Morgan fingerprint density at radius 1 is 1.39 bits per heavy atom. The third kappa shape index (κ3) is 3.43. The average Bonchev–Trinajstić information content (AvgIpc) is 2.38. The first-order valence-electron chi connectivity index (χ1n) is 5.12. The van der Waals surface area contributed by atoms with Crippen molar-refractivity contribution < 1.29 is 17.9 Å². The Balaban J connectivity index is 3.00. The molecule has 0 radical (unpaired) electrons. The molecular weight excluding hydrogens is 256 g/mol. The standard InChI is InChI=1S/C11H14N2O4S/c1-16-6-5-13-18(14,15)10-3-4-11(17-2)9(7-10)8-12/h3-4,7,13H,5-6H2,1-2H3. The number of sulfonamides is 1. The summed E-state index contributed by atoms with van der Waals surface area (Å²) >= 11 is 0. The lowest BCUT2D eigenvalue weighted by molar-refractivity contribution is 0.204. The van der Waals surface area contributed by atoms with Crippen LogP contribution in [0, 0.1) is 11.3 Å². The highest BCUT2D eigenvalue weighted by molar-refractivity contribution is 7.89. The Hall–Kier alpha value is -1.62. The Bertz CT molecular complexity index is 549. The lowest BCUT2D eigenvalue weighted by Gasteiger charge is -2.08. The predicted molar refractivity (Wildman–Crippen MR) is 64.8 cm³/mol. The highest BCUT2D eigenvalue weighted by Crippen LogP contribution is 2.21. The normalized spacial score (nSPS) is 10.9. The topological polar surface area (TPSA) is 88.4 Å². The quantitative estimate of drug-likeness (QED) is 0.760. The number of hydrogen-bond acceptors (Lipinski definition) is 5. The summed E-state index contributed by atoms with van der Waals surface area (Å²) < 4.78 is 35.8. The lowest BCUT2D eigenvalue weighted by Crippen LogP contribution is -2.27. The Labute approximate surface area is 106 Å². The number of hydrogen-bond donors (Lipinski definition) is 1. The molecule has 0 aliphatic rings. The number of benzene rings is 1. The predicted octanol–water partition coefficient (Wildman–Crippen LogP) is 0.492. The fraction of sp³-hybridized carbons (Fsp3) is 0.364. The molecule has 1 aromatic rings. The van der Waals surface area contributed by atoms with Gasteiger partial charge in [0.25, 0.3) is 0 Å². The summed E-state index contributed by atoms with van der Waals surface area (Å²) in [4.78, 5) is 0.0240. The van der Waals surface area contributed by atoms with Gasteiger partial charge in [-0.3, -0.25) is 0 Å². The maximum Gasteiger partial charge on any atom is 0.240 e. The van der Waals surface area contributed by atoms with E-state index in [9.17, 15) is 8.42 Å². The zero-order valence-electron chi connectivity index (χ0n) is 10.1. The zero-order valence-corrected chi connectivity index (χ0v) is 11.0. The first-order valence-corrected chi connectivity index (χ1v) is 6.60. The van der Waals surface area contributed by atoms with Gasteiger partial charge in [0.15, 0.2) is 0 Å². The number of rotatable bonds is 6. The number of ether oxygens (including phenoxy) is 2. The molecule has 0 bridgehead atoms. The number of nitrogens with one attached hydrogen (secondary N) is 1. The van der Waals surface area contributed by atoms with Crippen LogP contribution in [-0.4, -0.2) is 35.8 Å². The molecule has 0 saturated carbocycles. The van der Waals surface area contributed by atoms with Gasteiger partial charge in [0.2, 0.25) is 10.0 Å². The van der Waals surface area contributed by atoms with E-state index in [2.05, 4.69) is 4.72 Å². The molecule has 0 unspecified atom stereocenters. The maximum atomic E-state index is 11.9. The van der Waals surface area contributed by atoms with E-state index in [0.717, 1.165) is 0 Å². The lowest BCUT2D eigenvalue weighted by atomic mass is 10.2. The van der Waals surface area contributed by atoms with Crippen LogP contribution < -0.4 is 9.46 Å². The van der Waals surface area contributed by atoms with Gasteiger partial charge in [-0.25, -0.2) is 13.1 Å². The fourth-order valence-corrected chi connectivity index (χ4v) is 2.34. The van der Waals surface area contributed by atoms with Crippen molar-refractivity contribution in [3.63, 3.8) is 0 Å². The Morgan fingerprint density at radius 3 is 2.67 bits per heavy atom. The number of nitrogens with zero attached hydrogens (tertiary/aromatic N) is 1. The summed E-state index contributed by atoms with van der Waals surface area (Å²) in [5.74, 6) is 0.341. The van der Waals surface area contributed by atoms with Crippen LogP contribution in [0.25, 0.3) is 0 Å². The fourth-order valence-electron chi connectivity index (χ4n) is 1.30.